The number of hydrogen-bond donors (Lipinski definition) is 2. The molecule has 0 unspecified atom stereocenters. The third-order valence-electron chi connectivity index (χ3n) is 2.18. The lowest BCUT2D eigenvalue weighted by atomic mass is 10.2. The van der Waals surface area contributed by atoms with Crippen LogP contribution in [-0.2, 0) is 4.79 Å². The minimum Gasteiger partial charge on any atom is -0.497 e. The van der Waals surface area contributed by atoms with Crippen molar-refractivity contribution in [2.24, 2.45) is 5.73 Å². The zero-order valence-electron chi connectivity index (χ0n) is 10.6. The van der Waals surface area contributed by atoms with Gasteiger partial charge in [0.25, 0.3) is 0 Å². The molecule has 1 rings (SSSR count). The van der Waals surface area contributed by atoms with E-state index in [9.17, 15) is 4.79 Å². The lowest BCUT2D eigenvalue weighted by Gasteiger charge is -2.11. The minimum atomic E-state index is -0.0723. The first-order chi connectivity index (χ1) is 8.71. The zero-order valence-corrected chi connectivity index (χ0v) is 11.4. The van der Waals surface area contributed by atoms with Gasteiger partial charge in [0, 0.05) is 18.4 Å². The second kappa shape index (κ2) is 7.84. The van der Waals surface area contributed by atoms with Crippen LogP contribution in [0.5, 0.6) is 11.5 Å². The van der Waals surface area contributed by atoms with Crippen LogP contribution in [0.4, 0.5) is 5.69 Å². The Morgan fingerprint density at radius 1 is 1.39 bits per heavy atom. The summed E-state index contributed by atoms with van der Waals surface area (Å²) in [7, 11) is 3.13. The van der Waals surface area contributed by atoms with E-state index in [1.54, 1.807) is 32.4 Å². The third kappa shape index (κ3) is 4.46. The van der Waals surface area contributed by atoms with Crippen molar-refractivity contribution in [1.82, 2.24) is 0 Å². The lowest BCUT2D eigenvalue weighted by molar-refractivity contribution is -0.113. The van der Waals surface area contributed by atoms with Gasteiger partial charge in [0.2, 0.25) is 5.91 Å². The highest BCUT2D eigenvalue weighted by Gasteiger charge is 2.08. The standard InChI is InChI=1S/C12H18N2O3S/c1-16-9-3-4-10(11(7-9)17-2)14-12(15)8-18-6-5-13/h3-4,7H,5-6,8,13H2,1-2H3,(H,14,15). The van der Waals surface area contributed by atoms with Crippen LogP contribution in [0.2, 0.25) is 0 Å². The predicted molar refractivity (Wildman–Crippen MR) is 74.6 cm³/mol. The molecule has 3 N–H and O–H groups in total. The van der Waals surface area contributed by atoms with Gasteiger partial charge < -0.3 is 20.5 Å². The smallest absolute Gasteiger partial charge is 0.234 e. The van der Waals surface area contributed by atoms with E-state index in [-0.39, 0.29) is 5.91 Å². The Labute approximate surface area is 111 Å². The molecule has 0 aliphatic rings. The number of hydrogen-bond acceptors (Lipinski definition) is 5. The van der Waals surface area contributed by atoms with E-state index in [0.717, 1.165) is 5.75 Å². The summed E-state index contributed by atoms with van der Waals surface area (Å²) in [5, 5.41) is 2.79. The summed E-state index contributed by atoms with van der Waals surface area (Å²) in [4.78, 5) is 11.7. The molecule has 0 fully saturated rings. The topological polar surface area (TPSA) is 73.6 Å². The lowest BCUT2D eigenvalue weighted by Crippen LogP contribution is -2.16. The average molecular weight is 270 g/mol. The Morgan fingerprint density at radius 3 is 2.78 bits per heavy atom. The van der Waals surface area contributed by atoms with Crippen molar-refractivity contribution in [2.45, 2.75) is 0 Å². The van der Waals surface area contributed by atoms with Crippen LogP contribution in [0.1, 0.15) is 0 Å². The molecular formula is C12H18N2O3S. The summed E-state index contributed by atoms with van der Waals surface area (Å²) < 4.78 is 10.3. The van der Waals surface area contributed by atoms with Gasteiger partial charge in [-0.25, -0.2) is 0 Å². The van der Waals surface area contributed by atoms with Gasteiger partial charge in [-0.15, -0.1) is 0 Å². The van der Waals surface area contributed by atoms with Crippen molar-refractivity contribution < 1.29 is 14.3 Å². The van der Waals surface area contributed by atoms with Crippen LogP contribution in [0.25, 0.3) is 0 Å². The van der Waals surface area contributed by atoms with E-state index < -0.39 is 0 Å². The molecule has 0 spiro atoms. The molecule has 0 atom stereocenters. The number of nitrogens with one attached hydrogen (secondary N) is 1. The van der Waals surface area contributed by atoms with Gasteiger partial charge in [0.15, 0.2) is 0 Å². The summed E-state index contributed by atoms with van der Waals surface area (Å²) in [5.41, 5.74) is 5.99. The van der Waals surface area contributed by atoms with E-state index in [0.29, 0.717) is 29.5 Å². The molecule has 1 aromatic rings. The van der Waals surface area contributed by atoms with Gasteiger partial charge in [-0.05, 0) is 12.1 Å². The first-order valence-electron chi connectivity index (χ1n) is 5.51. The van der Waals surface area contributed by atoms with Crippen molar-refractivity contribution in [1.29, 1.82) is 0 Å². The second-order valence-corrected chi connectivity index (χ2v) is 4.56. The number of methoxy groups -OCH3 is 2. The average Bonchev–Trinajstić information content (AvgIpc) is 2.39. The highest BCUT2D eigenvalue weighted by Crippen LogP contribution is 2.29. The number of amides is 1. The summed E-state index contributed by atoms with van der Waals surface area (Å²) in [6.07, 6.45) is 0. The molecule has 18 heavy (non-hydrogen) atoms. The van der Waals surface area contributed by atoms with Crippen LogP contribution < -0.4 is 20.5 Å². The van der Waals surface area contributed by atoms with Gasteiger partial charge >= 0.3 is 0 Å². The summed E-state index contributed by atoms with van der Waals surface area (Å²) >= 11 is 1.50. The van der Waals surface area contributed by atoms with E-state index in [1.165, 1.54) is 11.8 Å². The van der Waals surface area contributed by atoms with Crippen LogP contribution in [0, 0.1) is 0 Å². The number of rotatable bonds is 7. The number of ether oxygens (including phenoxy) is 2. The zero-order chi connectivity index (χ0) is 13.4. The molecule has 0 bridgehead atoms. The first kappa shape index (κ1) is 14.7. The number of nitrogens with two attached hydrogens (primary N) is 1. The number of anilines is 1. The molecule has 1 amide bonds. The van der Waals surface area contributed by atoms with Crippen LogP contribution in [-0.4, -0.2) is 38.2 Å². The predicted octanol–water partition coefficient (Wildman–Crippen LogP) is 1.33. The second-order valence-electron chi connectivity index (χ2n) is 3.46. The summed E-state index contributed by atoms with van der Waals surface area (Å²) in [6, 6.07) is 5.25. The maximum absolute atomic E-state index is 11.7. The van der Waals surface area contributed by atoms with E-state index in [2.05, 4.69) is 5.32 Å². The Kier molecular flexibility index (Phi) is 6.38. The van der Waals surface area contributed by atoms with E-state index >= 15 is 0 Å². The fourth-order valence-electron chi connectivity index (χ4n) is 1.34. The Balaban J connectivity index is 2.63. The maximum Gasteiger partial charge on any atom is 0.234 e. The Hall–Kier alpha value is -1.40. The van der Waals surface area contributed by atoms with Crippen molar-refractivity contribution >= 4 is 23.4 Å². The monoisotopic (exact) mass is 270 g/mol. The molecule has 1 aromatic carbocycles. The summed E-state index contributed by atoms with van der Waals surface area (Å²) in [6.45, 7) is 0.573. The van der Waals surface area contributed by atoms with Crippen molar-refractivity contribution in [3.63, 3.8) is 0 Å². The van der Waals surface area contributed by atoms with Crippen LogP contribution >= 0.6 is 11.8 Å². The fourth-order valence-corrected chi connectivity index (χ4v) is 1.90. The molecule has 0 heterocycles. The van der Waals surface area contributed by atoms with Crippen molar-refractivity contribution in [3.05, 3.63) is 18.2 Å². The molecule has 5 nitrogen and oxygen atoms in total. The highest BCUT2D eigenvalue weighted by molar-refractivity contribution is 7.99. The first-order valence-corrected chi connectivity index (χ1v) is 6.66. The van der Waals surface area contributed by atoms with E-state index in [1.807, 2.05) is 0 Å². The molecule has 6 heteroatoms. The quantitative estimate of drug-likeness (QED) is 0.731. The molecule has 0 radical (unpaired) electrons. The number of carbonyl (C=O) groups is 1. The van der Waals surface area contributed by atoms with Crippen LogP contribution in [0.3, 0.4) is 0 Å². The molecule has 0 aliphatic carbocycles. The van der Waals surface area contributed by atoms with Gasteiger partial charge in [0.05, 0.1) is 25.7 Å². The Morgan fingerprint density at radius 2 is 2.17 bits per heavy atom. The minimum absolute atomic E-state index is 0.0723. The largest absolute Gasteiger partial charge is 0.497 e. The number of carbonyl (C=O) groups excluding carboxylic acids is 1. The van der Waals surface area contributed by atoms with E-state index in [4.69, 9.17) is 15.2 Å². The molecular weight excluding hydrogens is 252 g/mol. The maximum atomic E-state index is 11.7. The Bertz CT molecular complexity index is 399. The van der Waals surface area contributed by atoms with Gasteiger partial charge in [-0.1, -0.05) is 0 Å². The third-order valence-corrected chi connectivity index (χ3v) is 3.17. The summed E-state index contributed by atoms with van der Waals surface area (Å²) in [5.74, 6) is 2.34. The van der Waals surface area contributed by atoms with Gasteiger partial charge in [-0.2, -0.15) is 11.8 Å². The molecule has 100 valence electrons. The molecule has 0 aromatic heterocycles. The SMILES string of the molecule is COc1ccc(NC(=O)CSCCN)c(OC)c1. The highest BCUT2D eigenvalue weighted by atomic mass is 32.2. The number of benzene rings is 1. The van der Waals surface area contributed by atoms with Crippen LogP contribution in [0.15, 0.2) is 18.2 Å². The van der Waals surface area contributed by atoms with Crippen molar-refractivity contribution in [2.75, 3.05) is 37.6 Å². The van der Waals surface area contributed by atoms with Gasteiger partial charge in [0.1, 0.15) is 11.5 Å². The normalized spacial score (nSPS) is 9.94. The van der Waals surface area contributed by atoms with Gasteiger partial charge in [-0.3, -0.25) is 4.79 Å². The fraction of sp³-hybridized carbons (Fsp3) is 0.417. The van der Waals surface area contributed by atoms with Crippen molar-refractivity contribution in [3.8, 4) is 11.5 Å². The number of thioether (sulfide) groups is 1. The molecule has 0 saturated heterocycles. The molecule has 0 aliphatic heterocycles. The molecule has 0 saturated carbocycles.